The number of aryl methyl sites for hydroxylation is 1. The third kappa shape index (κ3) is 1.98. The highest BCUT2D eigenvalue weighted by atomic mass is 31.0. The van der Waals surface area contributed by atoms with Gasteiger partial charge in [0.25, 0.3) is 0 Å². The van der Waals surface area contributed by atoms with E-state index in [1.54, 1.807) is 0 Å². The number of aromatic amines is 1. The van der Waals surface area contributed by atoms with Gasteiger partial charge in [0.1, 0.15) is 5.75 Å². The maximum atomic E-state index is 5.71. The van der Waals surface area contributed by atoms with Crippen molar-refractivity contribution >= 4 is 25.4 Å². The maximum Gasteiger partial charge on any atom is 0.127 e. The number of ether oxygens (including phenoxy) is 1. The molecular weight excluding hydrogens is 207 g/mol. The second kappa shape index (κ2) is 3.82. The van der Waals surface area contributed by atoms with Gasteiger partial charge in [-0.3, -0.25) is 5.10 Å². The fraction of sp³-hybridized carbons (Fsp3) is 0.364. The van der Waals surface area contributed by atoms with Crippen LogP contribution in [-0.2, 0) is 0 Å². The third-order valence-electron chi connectivity index (χ3n) is 2.24. The van der Waals surface area contributed by atoms with E-state index in [1.165, 1.54) is 0 Å². The summed E-state index contributed by atoms with van der Waals surface area (Å²) in [5.74, 6) is 0.909. The van der Waals surface area contributed by atoms with E-state index in [4.69, 9.17) is 4.74 Å². The molecule has 0 fully saturated rings. The van der Waals surface area contributed by atoms with E-state index in [9.17, 15) is 0 Å². The van der Waals surface area contributed by atoms with Crippen LogP contribution < -0.4 is 10.0 Å². The number of aromatic nitrogens is 2. The highest BCUT2D eigenvalue weighted by Gasteiger charge is 2.08. The quantitative estimate of drug-likeness (QED) is 0.791. The van der Waals surface area contributed by atoms with E-state index < -0.39 is 0 Å². The number of H-pyrrole nitrogens is 1. The van der Waals surface area contributed by atoms with Crippen molar-refractivity contribution in [3.05, 3.63) is 17.8 Å². The first-order chi connectivity index (χ1) is 7.08. The minimum absolute atomic E-state index is 0.189. The smallest absolute Gasteiger partial charge is 0.127 e. The van der Waals surface area contributed by atoms with E-state index >= 15 is 0 Å². The molecule has 1 atom stereocenters. The lowest BCUT2D eigenvalue weighted by Gasteiger charge is -2.12. The maximum absolute atomic E-state index is 5.71. The molecule has 0 amide bonds. The van der Waals surface area contributed by atoms with Crippen molar-refractivity contribution in [1.82, 2.24) is 10.2 Å². The lowest BCUT2D eigenvalue weighted by Crippen LogP contribution is -2.10. The number of fused-ring (bicyclic) bond motifs is 1. The van der Waals surface area contributed by atoms with Crippen LogP contribution in [0.25, 0.3) is 10.9 Å². The standard InChI is InChI=1S/C11H15N2OP/c1-6(2)14-10-4-8-7(3)12-13-9(8)5-11(10)15/h4-6H,15H2,1-3H3,(H,12,13). The summed E-state index contributed by atoms with van der Waals surface area (Å²) in [5.41, 5.74) is 2.05. The molecule has 2 aromatic rings. The fourth-order valence-electron chi connectivity index (χ4n) is 1.54. The van der Waals surface area contributed by atoms with E-state index in [0.29, 0.717) is 0 Å². The Bertz CT molecular complexity index is 491. The number of hydrogen-bond donors (Lipinski definition) is 1. The van der Waals surface area contributed by atoms with Gasteiger partial charge in [0.2, 0.25) is 0 Å². The number of benzene rings is 1. The molecular formula is C11H15N2OP. The van der Waals surface area contributed by atoms with Crippen molar-refractivity contribution in [1.29, 1.82) is 0 Å². The van der Waals surface area contributed by atoms with Crippen molar-refractivity contribution in [3.8, 4) is 5.75 Å². The van der Waals surface area contributed by atoms with Crippen LogP contribution in [0.3, 0.4) is 0 Å². The minimum Gasteiger partial charge on any atom is -0.490 e. The molecule has 1 aromatic heterocycles. The van der Waals surface area contributed by atoms with Crippen molar-refractivity contribution in [2.75, 3.05) is 0 Å². The lowest BCUT2D eigenvalue weighted by molar-refractivity contribution is 0.245. The summed E-state index contributed by atoms with van der Waals surface area (Å²) in [7, 11) is 2.68. The van der Waals surface area contributed by atoms with Crippen LogP contribution in [-0.4, -0.2) is 16.3 Å². The summed E-state index contributed by atoms with van der Waals surface area (Å²) in [4.78, 5) is 0. The SMILES string of the molecule is Cc1[nH]nc2cc(P)c(OC(C)C)cc12. The Balaban J connectivity index is 2.54. The predicted molar refractivity (Wildman–Crippen MR) is 65.9 cm³/mol. The second-order valence-corrected chi connectivity index (χ2v) is 4.54. The molecule has 0 aliphatic heterocycles. The third-order valence-corrected chi connectivity index (χ3v) is 2.69. The number of nitrogens with one attached hydrogen (secondary N) is 1. The number of rotatable bonds is 2. The average molecular weight is 222 g/mol. The molecule has 1 N–H and O–H groups in total. The largest absolute Gasteiger partial charge is 0.490 e. The van der Waals surface area contributed by atoms with E-state index in [0.717, 1.165) is 27.7 Å². The predicted octanol–water partition coefficient (Wildman–Crippen LogP) is 2.16. The summed E-state index contributed by atoms with van der Waals surface area (Å²) >= 11 is 0. The van der Waals surface area contributed by atoms with Crippen LogP contribution in [0.1, 0.15) is 19.5 Å². The summed E-state index contributed by atoms with van der Waals surface area (Å²) in [6, 6.07) is 4.05. The number of hydrogen-bond acceptors (Lipinski definition) is 2. The Morgan fingerprint density at radius 2 is 2.13 bits per heavy atom. The van der Waals surface area contributed by atoms with Gasteiger partial charge in [-0.1, -0.05) is 0 Å². The second-order valence-electron chi connectivity index (χ2n) is 3.92. The fourth-order valence-corrected chi connectivity index (χ4v) is 1.85. The highest BCUT2D eigenvalue weighted by molar-refractivity contribution is 7.27. The molecule has 0 aliphatic carbocycles. The van der Waals surface area contributed by atoms with Gasteiger partial charge in [0, 0.05) is 16.4 Å². The molecule has 0 bridgehead atoms. The Morgan fingerprint density at radius 1 is 1.40 bits per heavy atom. The van der Waals surface area contributed by atoms with Crippen molar-refractivity contribution < 1.29 is 4.74 Å². The first-order valence-electron chi connectivity index (χ1n) is 4.99. The first kappa shape index (κ1) is 10.4. The van der Waals surface area contributed by atoms with Gasteiger partial charge < -0.3 is 4.74 Å². The van der Waals surface area contributed by atoms with Gasteiger partial charge in [0.05, 0.1) is 11.6 Å². The van der Waals surface area contributed by atoms with Crippen LogP contribution >= 0.6 is 9.24 Å². The minimum atomic E-state index is 0.189. The van der Waals surface area contributed by atoms with Crippen molar-refractivity contribution in [3.63, 3.8) is 0 Å². The number of nitrogens with zero attached hydrogens (tertiary/aromatic N) is 1. The summed E-state index contributed by atoms with van der Waals surface area (Å²) in [5, 5.41) is 9.34. The summed E-state index contributed by atoms with van der Waals surface area (Å²) < 4.78 is 5.71. The molecule has 0 saturated carbocycles. The van der Waals surface area contributed by atoms with Gasteiger partial charge in [-0.25, -0.2) is 0 Å². The zero-order chi connectivity index (χ0) is 11.0. The van der Waals surface area contributed by atoms with Crippen LogP contribution in [0.4, 0.5) is 0 Å². The zero-order valence-corrected chi connectivity index (χ0v) is 10.3. The van der Waals surface area contributed by atoms with Gasteiger partial charge >= 0.3 is 0 Å². The zero-order valence-electron chi connectivity index (χ0n) is 9.16. The molecule has 0 spiro atoms. The Labute approximate surface area is 91.4 Å². The Hall–Kier alpha value is -1.08. The van der Waals surface area contributed by atoms with Crippen molar-refractivity contribution in [2.24, 2.45) is 0 Å². The molecule has 0 radical (unpaired) electrons. The molecule has 1 aromatic carbocycles. The molecule has 2 rings (SSSR count). The molecule has 0 saturated heterocycles. The summed E-state index contributed by atoms with van der Waals surface area (Å²) in [6.07, 6.45) is 0.189. The van der Waals surface area contributed by atoms with Crippen LogP contribution in [0.15, 0.2) is 12.1 Å². The lowest BCUT2D eigenvalue weighted by atomic mass is 10.2. The van der Waals surface area contributed by atoms with E-state index in [-0.39, 0.29) is 6.10 Å². The molecule has 15 heavy (non-hydrogen) atoms. The topological polar surface area (TPSA) is 37.9 Å². The highest BCUT2D eigenvalue weighted by Crippen LogP contribution is 2.22. The molecule has 3 nitrogen and oxygen atoms in total. The molecule has 1 unspecified atom stereocenters. The Kier molecular flexibility index (Phi) is 2.66. The normalized spacial score (nSPS) is 11.3. The molecule has 4 heteroatoms. The van der Waals surface area contributed by atoms with E-state index in [1.807, 2.05) is 32.9 Å². The molecule has 0 aliphatic rings. The van der Waals surface area contributed by atoms with Gasteiger partial charge in [-0.05, 0) is 32.9 Å². The summed E-state index contributed by atoms with van der Waals surface area (Å²) in [6.45, 7) is 6.06. The molecule has 80 valence electrons. The molecule has 1 heterocycles. The monoisotopic (exact) mass is 222 g/mol. The van der Waals surface area contributed by atoms with Crippen molar-refractivity contribution in [2.45, 2.75) is 26.9 Å². The van der Waals surface area contributed by atoms with E-state index in [2.05, 4.69) is 19.4 Å². The first-order valence-corrected chi connectivity index (χ1v) is 5.56. The average Bonchev–Trinajstić information content (AvgIpc) is 2.48. The van der Waals surface area contributed by atoms with Crippen LogP contribution in [0, 0.1) is 6.92 Å². The van der Waals surface area contributed by atoms with Gasteiger partial charge in [0.15, 0.2) is 0 Å². The van der Waals surface area contributed by atoms with Gasteiger partial charge in [-0.15, -0.1) is 9.24 Å². The van der Waals surface area contributed by atoms with Crippen LogP contribution in [0.5, 0.6) is 5.75 Å². The van der Waals surface area contributed by atoms with Gasteiger partial charge in [-0.2, -0.15) is 5.10 Å². The van der Waals surface area contributed by atoms with Crippen LogP contribution in [0.2, 0.25) is 0 Å². The Morgan fingerprint density at radius 3 is 2.80 bits per heavy atom.